The molecule has 2 nitrogen and oxygen atoms in total. The van der Waals surface area contributed by atoms with E-state index < -0.39 is 0 Å². The van der Waals surface area contributed by atoms with Gasteiger partial charge in [-0.05, 0) is 62.6 Å². The lowest BCUT2D eigenvalue weighted by Crippen LogP contribution is -2.21. The lowest BCUT2D eigenvalue weighted by atomic mass is 9.80. The fraction of sp³-hybridized carbons (Fsp3) is 0.579. The minimum absolute atomic E-state index is 0.273. The molecule has 3 N–H and O–H groups in total. The van der Waals surface area contributed by atoms with Crippen LogP contribution in [0.25, 0.3) is 0 Å². The van der Waals surface area contributed by atoms with Crippen molar-refractivity contribution >= 4 is 0 Å². The molecule has 0 saturated carbocycles. The van der Waals surface area contributed by atoms with Crippen molar-refractivity contribution in [2.24, 2.45) is 17.1 Å². The van der Waals surface area contributed by atoms with Crippen molar-refractivity contribution in [3.05, 3.63) is 50.2 Å². The van der Waals surface area contributed by atoms with Gasteiger partial charge in [-0.1, -0.05) is 31.2 Å². The molecule has 0 rings (SSSR count). The predicted molar refractivity (Wildman–Crippen MR) is 96.1 cm³/mol. The molecule has 0 spiro atoms. The van der Waals surface area contributed by atoms with Gasteiger partial charge in [-0.2, -0.15) is 0 Å². The van der Waals surface area contributed by atoms with Crippen LogP contribution in [-0.4, -0.2) is 13.1 Å². The number of nitrogens with one attached hydrogen (secondary N) is 1. The van der Waals surface area contributed by atoms with Crippen molar-refractivity contribution in [1.82, 2.24) is 5.32 Å². The number of rotatable bonds is 14. The molecule has 0 amide bonds. The van der Waals surface area contributed by atoms with Crippen molar-refractivity contribution < 1.29 is 0 Å². The van der Waals surface area contributed by atoms with Crippen LogP contribution in [0.5, 0.6) is 0 Å². The third-order valence-electron chi connectivity index (χ3n) is 3.93. The molecule has 0 aliphatic rings. The van der Waals surface area contributed by atoms with Crippen LogP contribution in [0, 0.1) is 11.3 Å². The Morgan fingerprint density at radius 2 is 1.76 bits per heavy atom. The normalized spacial score (nSPS) is 13.0. The molecule has 1 atom stereocenters. The van der Waals surface area contributed by atoms with Crippen LogP contribution >= 0.6 is 0 Å². The Morgan fingerprint density at radius 1 is 1.10 bits per heavy atom. The first-order chi connectivity index (χ1) is 10.1. The molecule has 0 aliphatic carbocycles. The monoisotopic (exact) mass is 290 g/mol. The fourth-order valence-corrected chi connectivity index (χ4v) is 2.59. The minimum atomic E-state index is 0.273. The zero-order chi connectivity index (χ0) is 16.0. The molecule has 0 radical (unpaired) electrons. The number of nitrogens with two attached hydrogens (primary N) is 1. The molecule has 0 aromatic heterocycles. The summed E-state index contributed by atoms with van der Waals surface area (Å²) in [5.74, 6) is 0.623. The third kappa shape index (κ3) is 10.1. The lowest BCUT2D eigenvalue weighted by molar-refractivity contribution is 0.304. The highest BCUT2D eigenvalue weighted by atomic mass is 14.8. The number of hydrogen-bond donors (Lipinski definition) is 2. The quantitative estimate of drug-likeness (QED) is 0.363. The molecule has 0 aromatic rings. The summed E-state index contributed by atoms with van der Waals surface area (Å²) in [7, 11) is 0. The summed E-state index contributed by atoms with van der Waals surface area (Å²) < 4.78 is 0. The van der Waals surface area contributed by atoms with Crippen molar-refractivity contribution in [3.63, 3.8) is 0 Å². The van der Waals surface area contributed by atoms with E-state index in [1.54, 1.807) is 0 Å². The van der Waals surface area contributed by atoms with E-state index in [-0.39, 0.29) is 5.41 Å². The Hall–Kier alpha value is -1.28. The van der Waals surface area contributed by atoms with E-state index in [1.807, 2.05) is 18.2 Å². The first-order valence-electron chi connectivity index (χ1n) is 8.03. The van der Waals surface area contributed by atoms with Crippen molar-refractivity contribution in [1.29, 1.82) is 0 Å². The van der Waals surface area contributed by atoms with Gasteiger partial charge >= 0.3 is 0 Å². The maximum atomic E-state index is 5.63. The second-order valence-corrected chi connectivity index (χ2v) is 6.11. The molecule has 0 bridgehead atoms. The molecule has 120 valence electrons. The first kappa shape index (κ1) is 19.7. The van der Waals surface area contributed by atoms with E-state index >= 15 is 0 Å². The third-order valence-corrected chi connectivity index (χ3v) is 3.93. The van der Waals surface area contributed by atoms with Gasteiger partial charge in [0.05, 0.1) is 0 Å². The highest BCUT2D eigenvalue weighted by Gasteiger charge is 2.20. The topological polar surface area (TPSA) is 38.0 Å². The number of hydrogen-bond acceptors (Lipinski definition) is 2. The average Bonchev–Trinajstić information content (AvgIpc) is 2.43. The van der Waals surface area contributed by atoms with Crippen LogP contribution in [0.15, 0.2) is 50.2 Å². The van der Waals surface area contributed by atoms with Crippen LogP contribution in [0.4, 0.5) is 0 Å². The molecule has 0 aromatic carbocycles. The van der Waals surface area contributed by atoms with Crippen LogP contribution in [0.1, 0.15) is 45.4 Å². The molecule has 0 saturated heterocycles. The Labute approximate surface area is 131 Å². The highest BCUT2D eigenvalue weighted by molar-refractivity contribution is 4.90. The van der Waals surface area contributed by atoms with E-state index in [0.717, 1.165) is 51.6 Å². The van der Waals surface area contributed by atoms with Crippen molar-refractivity contribution in [2.45, 2.75) is 45.4 Å². The van der Waals surface area contributed by atoms with Gasteiger partial charge in [-0.3, -0.25) is 0 Å². The van der Waals surface area contributed by atoms with E-state index in [9.17, 15) is 0 Å². The minimum Gasteiger partial charge on any atom is -0.391 e. The molecule has 1 unspecified atom stereocenters. The van der Waals surface area contributed by atoms with Gasteiger partial charge in [0.25, 0.3) is 0 Å². The lowest BCUT2D eigenvalue weighted by Gasteiger charge is -2.27. The SMILES string of the molecule is C=CCC(C/C=C/NCCC(C)(CC=C)CC=C)CCN. The van der Waals surface area contributed by atoms with Gasteiger partial charge in [0.2, 0.25) is 0 Å². The van der Waals surface area contributed by atoms with Crippen LogP contribution in [-0.2, 0) is 0 Å². The average molecular weight is 290 g/mol. The van der Waals surface area contributed by atoms with Crippen LogP contribution in [0.2, 0.25) is 0 Å². The second-order valence-electron chi connectivity index (χ2n) is 6.11. The second kappa shape index (κ2) is 12.5. The molecule has 0 aliphatic heterocycles. The van der Waals surface area contributed by atoms with Crippen LogP contribution in [0.3, 0.4) is 0 Å². The van der Waals surface area contributed by atoms with Crippen molar-refractivity contribution in [3.8, 4) is 0 Å². The summed E-state index contributed by atoms with van der Waals surface area (Å²) in [6, 6.07) is 0. The maximum absolute atomic E-state index is 5.63. The summed E-state index contributed by atoms with van der Waals surface area (Å²) in [5, 5.41) is 3.39. The van der Waals surface area contributed by atoms with Crippen molar-refractivity contribution in [2.75, 3.05) is 13.1 Å². The Balaban J connectivity index is 4.00. The van der Waals surface area contributed by atoms with E-state index in [0.29, 0.717) is 5.92 Å². The molecule has 2 heteroatoms. The zero-order valence-electron chi connectivity index (χ0n) is 13.8. The Morgan fingerprint density at radius 3 is 2.29 bits per heavy atom. The highest BCUT2D eigenvalue weighted by Crippen LogP contribution is 2.30. The zero-order valence-corrected chi connectivity index (χ0v) is 13.8. The van der Waals surface area contributed by atoms with E-state index in [4.69, 9.17) is 5.73 Å². The molecule has 0 fully saturated rings. The maximum Gasteiger partial charge on any atom is 0.0146 e. The smallest absolute Gasteiger partial charge is 0.0146 e. The summed E-state index contributed by atoms with van der Waals surface area (Å²) in [5.41, 5.74) is 5.90. The molecule has 21 heavy (non-hydrogen) atoms. The summed E-state index contributed by atoms with van der Waals surface area (Å²) >= 11 is 0. The molecular weight excluding hydrogens is 256 g/mol. The summed E-state index contributed by atoms with van der Waals surface area (Å²) in [6.07, 6.45) is 16.6. The van der Waals surface area contributed by atoms with Gasteiger partial charge in [0, 0.05) is 6.54 Å². The van der Waals surface area contributed by atoms with Gasteiger partial charge in [0.15, 0.2) is 0 Å². The van der Waals surface area contributed by atoms with Gasteiger partial charge < -0.3 is 11.1 Å². The Kier molecular flexibility index (Phi) is 11.7. The van der Waals surface area contributed by atoms with Gasteiger partial charge in [-0.15, -0.1) is 19.7 Å². The summed E-state index contributed by atoms with van der Waals surface area (Å²) in [4.78, 5) is 0. The fourth-order valence-electron chi connectivity index (χ4n) is 2.59. The predicted octanol–water partition coefficient (Wildman–Crippen LogP) is 4.57. The van der Waals surface area contributed by atoms with Gasteiger partial charge in [-0.25, -0.2) is 0 Å². The molecule has 0 heterocycles. The van der Waals surface area contributed by atoms with Crippen LogP contribution < -0.4 is 11.1 Å². The largest absolute Gasteiger partial charge is 0.391 e. The number of allylic oxidation sites excluding steroid dienone is 4. The van der Waals surface area contributed by atoms with E-state index in [2.05, 4.69) is 44.3 Å². The van der Waals surface area contributed by atoms with Gasteiger partial charge in [0.1, 0.15) is 0 Å². The Bertz CT molecular complexity index is 308. The van der Waals surface area contributed by atoms with E-state index in [1.165, 1.54) is 0 Å². The molecular formula is C19H34N2. The summed E-state index contributed by atoms with van der Waals surface area (Å²) in [6.45, 7) is 15.5. The standard InChI is InChI=1S/C19H34N2/c1-5-9-18(11-15-20)10-8-16-21-17-14-19(4,12-6-2)13-7-3/h5-8,16,18,21H,1-3,9-15,17,20H2,4H3/b16-8+. The first-order valence-corrected chi connectivity index (χ1v) is 8.03.